The van der Waals surface area contributed by atoms with Gasteiger partial charge >= 0.3 is 0 Å². The van der Waals surface area contributed by atoms with Gasteiger partial charge in [-0.3, -0.25) is 4.79 Å². The molecule has 7 heteroatoms. The number of benzene rings is 1. The molecular weight excluding hydrogens is 367 g/mol. The van der Waals surface area contributed by atoms with Crippen LogP contribution in [0.1, 0.15) is 29.7 Å². The van der Waals surface area contributed by atoms with Gasteiger partial charge in [0, 0.05) is 36.8 Å². The Hall–Kier alpha value is -2.21. The number of hydrogen-bond acceptors (Lipinski definition) is 4. The average molecular weight is 389 g/mol. The summed E-state index contributed by atoms with van der Waals surface area (Å²) in [6.07, 6.45) is 4.47. The van der Waals surface area contributed by atoms with Gasteiger partial charge in [0.1, 0.15) is 5.82 Å². The summed E-state index contributed by atoms with van der Waals surface area (Å²) in [5.41, 5.74) is 2.70. The van der Waals surface area contributed by atoms with Crippen molar-refractivity contribution in [1.82, 2.24) is 15.1 Å². The maximum absolute atomic E-state index is 13.9. The first-order valence-corrected chi connectivity index (χ1v) is 9.80. The molecule has 4 rings (SSSR count). The third kappa shape index (κ3) is 3.90. The van der Waals surface area contributed by atoms with E-state index in [0.717, 1.165) is 24.4 Å². The number of aromatic nitrogens is 2. The summed E-state index contributed by atoms with van der Waals surface area (Å²) < 4.78 is 13.9. The zero-order valence-corrected chi connectivity index (χ0v) is 15.9. The molecule has 0 spiro atoms. The van der Waals surface area contributed by atoms with Crippen LogP contribution in [-0.4, -0.2) is 47.2 Å². The number of halogens is 2. The number of fused-ring (bicyclic) bond motifs is 1. The molecule has 1 fully saturated rings. The molecule has 2 aliphatic rings. The molecule has 1 aliphatic heterocycles. The first kappa shape index (κ1) is 18.2. The average Bonchev–Trinajstić information content (AvgIpc) is 2.70. The number of carbonyl (C=O) groups is 1. The van der Waals surface area contributed by atoms with Crippen molar-refractivity contribution >= 4 is 23.3 Å². The standard InChI is InChI=1S/C20H22ClFN4O/c21-16-5-3-6-17(22)15(16)13-20(27)26-10-8-25(9-11-26)19-12-14-4-1-2-7-18(14)23-24-19/h3,5-6,12H,1-2,4,7-11,13H2. The summed E-state index contributed by atoms with van der Waals surface area (Å²) in [5.74, 6) is 0.358. The Morgan fingerprint density at radius 3 is 2.67 bits per heavy atom. The van der Waals surface area contributed by atoms with E-state index in [-0.39, 0.29) is 17.9 Å². The predicted octanol–water partition coefficient (Wildman–Crippen LogP) is 3.04. The largest absolute Gasteiger partial charge is 0.352 e. The number of aryl methyl sites for hydroxylation is 2. The van der Waals surface area contributed by atoms with E-state index >= 15 is 0 Å². The molecule has 1 aromatic heterocycles. The van der Waals surface area contributed by atoms with Crippen LogP contribution in [0, 0.1) is 5.82 Å². The number of amides is 1. The highest BCUT2D eigenvalue weighted by molar-refractivity contribution is 6.31. The SMILES string of the molecule is O=C(Cc1c(F)cccc1Cl)N1CCN(c2cc3c(nn2)CCCC3)CC1. The van der Waals surface area contributed by atoms with Gasteiger partial charge in [-0.2, -0.15) is 5.10 Å². The van der Waals surface area contributed by atoms with Crippen LogP contribution in [0.2, 0.25) is 5.02 Å². The van der Waals surface area contributed by atoms with Gasteiger partial charge in [-0.25, -0.2) is 4.39 Å². The molecule has 0 bridgehead atoms. The van der Waals surface area contributed by atoms with Crippen molar-refractivity contribution in [3.63, 3.8) is 0 Å². The van der Waals surface area contributed by atoms with Crippen LogP contribution in [0.3, 0.4) is 0 Å². The van der Waals surface area contributed by atoms with E-state index in [9.17, 15) is 9.18 Å². The van der Waals surface area contributed by atoms with Gasteiger partial charge in [0.15, 0.2) is 5.82 Å². The summed E-state index contributed by atoms with van der Waals surface area (Å²) in [4.78, 5) is 16.5. The van der Waals surface area contributed by atoms with Crippen molar-refractivity contribution in [3.05, 3.63) is 51.9 Å². The molecule has 1 amide bonds. The van der Waals surface area contributed by atoms with Crippen molar-refractivity contribution in [1.29, 1.82) is 0 Å². The molecule has 1 saturated heterocycles. The highest BCUT2D eigenvalue weighted by Gasteiger charge is 2.24. The minimum absolute atomic E-state index is 0.00976. The Balaban J connectivity index is 1.38. The Kier molecular flexibility index (Phi) is 5.25. The second-order valence-corrected chi connectivity index (χ2v) is 7.53. The molecule has 2 heterocycles. The lowest BCUT2D eigenvalue weighted by Gasteiger charge is -2.35. The summed E-state index contributed by atoms with van der Waals surface area (Å²) in [6.45, 7) is 2.57. The summed E-state index contributed by atoms with van der Waals surface area (Å²) in [7, 11) is 0. The summed E-state index contributed by atoms with van der Waals surface area (Å²) in [6, 6.07) is 6.64. The van der Waals surface area contributed by atoms with Crippen LogP contribution < -0.4 is 4.90 Å². The first-order valence-electron chi connectivity index (χ1n) is 9.43. The minimum Gasteiger partial charge on any atom is -0.352 e. The minimum atomic E-state index is -0.432. The van der Waals surface area contributed by atoms with Gasteiger partial charge in [-0.15, -0.1) is 5.10 Å². The molecule has 0 unspecified atom stereocenters. The van der Waals surface area contributed by atoms with Crippen LogP contribution in [0.15, 0.2) is 24.3 Å². The van der Waals surface area contributed by atoms with Crippen LogP contribution >= 0.6 is 11.6 Å². The lowest BCUT2D eigenvalue weighted by molar-refractivity contribution is -0.130. The number of rotatable bonds is 3. The molecule has 0 atom stereocenters. The first-order chi connectivity index (χ1) is 13.1. The fourth-order valence-corrected chi connectivity index (χ4v) is 4.01. The van der Waals surface area contributed by atoms with Crippen LogP contribution in [0.4, 0.5) is 10.2 Å². The Labute approximate surface area is 163 Å². The monoisotopic (exact) mass is 388 g/mol. The lowest BCUT2D eigenvalue weighted by Crippen LogP contribution is -2.49. The Morgan fingerprint density at radius 1 is 1.11 bits per heavy atom. The van der Waals surface area contributed by atoms with E-state index in [1.807, 2.05) is 0 Å². The normalized spacial score (nSPS) is 17.0. The Bertz CT molecular complexity index is 832. The summed E-state index contributed by atoms with van der Waals surface area (Å²) in [5, 5.41) is 9.07. The van der Waals surface area contributed by atoms with Gasteiger partial charge in [0.2, 0.25) is 5.91 Å². The molecular formula is C20H22ClFN4O. The number of hydrogen-bond donors (Lipinski definition) is 0. The number of piperazine rings is 1. The zero-order valence-electron chi connectivity index (χ0n) is 15.1. The third-order valence-electron chi connectivity index (χ3n) is 5.40. The predicted molar refractivity (Wildman–Crippen MR) is 103 cm³/mol. The van der Waals surface area contributed by atoms with E-state index in [4.69, 9.17) is 11.6 Å². The molecule has 0 N–H and O–H groups in total. The molecule has 142 valence electrons. The third-order valence-corrected chi connectivity index (χ3v) is 5.76. The van der Waals surface area contributed by atoms with Gasteiger partial charge in [-0.05, 0) is 49.4 Å². The Morgan fingerprint density at radius 2 is 1.89 bits per heavy atom. The van der Waals surface area contributed by atoms with Crippen molar-refractivity contribution in [2.45, 2.75) is 32.1 Å². The maximum Gasteiger partial charge on any atom is 0.227 e. The van der Waals surface area contributed by atoms with Crippen LogP contribution in [0.5, 0.6) is 0 Å². The van der Waals surface area contributed by atoms with Crippen molar-refractivity contribution in [2.75, 3.05) is 31.1 Å². The van der Waals surface area contributed by atoms with Gasteiger partial charge in [0.05, 0.1) is 12.1 Å². The van der Waals surface area contributed by atoms with Gasteiger partial charge in [0.25, 0.3) is 0 Å². The fourth-order valence-electron chi connectivity index (χ4n) is 3.78. The van der Waals surface area contributed by atoms with E-state index in [1.54, 1.807) is 17.0 Å². The van der Waals surface area contributed by atoms with Crippen molar-refractivity contribution in [2.24, 2.45) is 0 Å². The molecule has 1 aromatic carbocycles. The topological polar surface area (TPSA) is 49.3 Å². The molecule has 27 heavy (non-hydrogen) atoms. The molecule has 5 nitrogen and oxygen atoms in total. The zero-order chi connectivity index (χ0) is 18.8. The second kappa shape index (κ2) is 7.80. The van der Waals surface area contributed by atoms with E-state index < -0.39 is 5.82 Å². The van der Waals surface area contributed by atoms with Crippen LogP contribution in [0.25, 0.3) is 0 Å². The van der Waals surface area contributed by atoms with E-state index in [0.29, 0.717) is 31.2 Å². The quantitative estimate of drug-likeness (QED) is 0.811. The van der Waals surface area contributed by atoms with Crippen molar-refractivity contribution in [3.8, 4) is 0 Å². The number of carbonyl (C=O) groups excluding carboxylic acids is 1. The number of anilines is 1. The maximum atomic E-state index is 13.9. The van der Waals surface area contributed by atoms with Crippen LogP contribution in [-0.2, 0) is 24.1 Å². The smallest absolute Gasteiger partial charge is 0.227 e. The van der Waals surface area contributed by atoms with E-state index in [1.165, 1.54) is 24.5 Å². The van der Waals surface area contributed by atoms with E-state index in [2.05, 4.69) is 21.2 Å². The highest BCUT2D eigenvalue weighted by Crippen LogP contribution is 2.24. The molecule has 1 aliphatic carbocycles. The van der Waals surface area contributed by atoms with Crippen molar-refractivity contribution < 1.29 is 9.18 Å². The lowest BCUT2D eigenvalue weighted by atomic mass is 9.97. The fraction of sp³-hybridized carbons (Fsp3) is 0.450. The second-order valence-electron chi connectivity index (χ2n) is 7.13. The van der Waals surface area contributed by atoms with Gasteiger partial charge in [-0.1, -0.05) is 17.7 Å². The molecule has 2 aromatic rings. The van der Waals surface area contributed by atoms with Gasteiger partial charge < -0.3 is 9.80 Å². The number of nitrogens with zero attached hydrogens (tertiary/aromatic N) is 4. The molecule has 0 radical (unpaired) electrons. The molecule has 0 saturated carbocycles. The summed E-state index contributed by atoms with van der Waals surface area (Å²) >= 11 is 6.04. The highest BCUT2D eigenvalue weighted by atomic mass is 35.5.